The van der Waals surface area contributed by atoms with Crippen LogP contribution < -0.4 is 31.6 Å². The lowest BCUT2D eigenvalue weighted by Crippen LogP contribution is -2.44. The predicted molar refractivity (Wildman–Crippen MR) is 219 cm³/mol. The van der Waals surface area contributed by atoms with Gasteiger partial charge in [-0.2, -0.15) is 0 Å². The van der Waals surface area contributed by atoms with Crippen molar-refractivity contribution in [3.8, 4) is 22.6 Å². The number of carbonyl (C=O) groups is 2. The number of phenols is 1. The van der Waals surface area contributed by atoms with Gasteiger partial charge in [0.05, 0.1) is 35.0 Å². The summed E-state index contributed by atoms with van der Waals surface area (Å²) in [6.07, 6.45) is 3.25. The normalized spacial score (nSPS) is 16.0. The predicted octanol–water partition coefficient (Wildman–Crippen LogP) is 6.89. The van der Waals surface area contributed by atoms with Crippen LogP contribution in [0, 0.1) is 0 Å². The number of aromatic amines is 1. The number of nitrogens with one attached hydrogen (secondary N) is 3. The number of aryl methyl sites for hydroxylation is 1. The Morgan fingerprint density at radius 2 is 1.77 bits per heavy atom. The third-order valence-corrected chi connectivity index (χ3v) is 10.7. The quantitative estimate of drug-likeness (QED) is 0.0555. The van der Waals surface area contributed by atoms with Gasteiger partial charge in [0.25, 0.3) is 5.91 Å². The molecule has 0 aliphatic heterocycles. The molecule has 0 saturated heterocycles. The lowest BCUT2D eigenvalue weighted by molar-refractivity contribution is 0.0952. The Hall–Kier alpha value is -5.40. The van der Waals surface area contributed by atoms with Crippen molar-refractivity contribution in [1.29, 1.82) is 0 Å². The molecule has 1 aliphatic carbocycles. The number of pyridine rings is 1. The van der Waals surface area contributed by atoms with Gasteiger partial charge < -0.3 is 41.4 Å². The molecule has 0 unspecified atom stereocenters. The number of H-pyrrole nitrogens is 1. The number of nitrogens with zero attached hydrogens (tertiary/aromatic N) is 1. The molecule has 13 heteroatoms. The zero-order chi connectivity index (χ0) is 39.8. The van der Waals surface area contributed by atoms with Crippen LogP contribution in [0.2, 0.25) is 5.02 Å². The van der Waals surface area contributed by atoms with Crippen LogP contribution in [-0.2, 0) is 13.0 Å². The zero-order valence-corrected chi connectivity index (χ0v) is 32.0. The zero-order valence-electron chi connectivity index (χ0n) is 31.3. The first-order valence-electron chi connectivity index (χ1n) is 18.9. The van der Waals surface area contributed by atoms with E-state index in [-0.39, 0.29) is 58.5 Å². The molecule has 0 bridgehead atoms. The fraction of sp³-hybridized carbons (Fsp3) is 0.326. The summed E-state index contributed by atoms with van der Waals surface area (Å²) in [5, 5.41) is 38.4. The van der Waals surface area contributed by atoms with E-state index in [1.54, 1.807) is 24.3 Å². The van der Waals surface area contributed by atoms with Crippen molar-refractivity contribution < 1.29 is 29.6 Å². The summed E-state index contributed by atoms with van der Waals surface area (Å²) in [6, 6.07) is 25.0. The molecule has 2 amide bonds. The van der Waals surface area contributed by atoms with Crippen molar-refractivity contribution in [2.45, 2.75) is 69.7 Å². The second-order valence-corrected chi connectivity index (χ2v) is 14.6. The van der Waals surface area contributed by atoms with Crippen LogP contribution in [-0.4, -0.2) is 64.6 Å². The van der Waals surface area contributed by atoms with Crippen molar-refractivity contribution in [2.24, 2.45) is 5.73 Å². The molecule has 56 heavy (non-hydrogen) atoms. The maximum Gasteiger partial charge on any atom is 0.412 e. The Morgan fingerprint density at radius 3 is 2.50 bits per heavy atom. The molecule has 4 aromatic carbocycles. The highest BCUT2D eigenvalue weighted by molar-refractivity contribution is 6.34. The number of fused-ring (bicyclic) bond motifs is 1. The van der Waals surface area contributed by atoms with Gasteiger partial charge in [-0.25, -0.2) is 4.79 Å². The molecule has 1 aromatic heterocycles. The van der Waals surface area contributed by atoms with E-state index in [1.165, 1.54) is 24.1 Å². The van der Waals surface area contributed by atoms with Crippen molar-refractivity contribution in [2.75, 3.05) is 25.1 Å². The standard InChI is InChI=1S/C43H48ClN5O7/c1-56-39-23-34(35(44)22-28(39)24-46-25-38(51)32-16-18-37(50)41-33(32)17-19-40(52)48-41)42(53)47-20-6-5-7-26-10-15-31(27-8-3-2-4-9-27)36(21-26)49(43(54)55)30-13-11-29(45)12-14-30/h2-4,8-10,15-19,21-23,29-30,38,46,50-51H,5-7,11-14,20,24-25,45H2,1H3,(H,47,53)(H,48,52)(H,54,55)/t29?,30?,38-/m0/s1. The maximum absolute atomic E-state index is 13.2. The number of aliphatic hydroxyl groups is 1. The Labute approximate surface area is 330 Å². The van der Waals surface area contributed by atoms with Gasteiger partial charge in [0.1, 0.15) is 11.5 Å². The van der Waals surface area contributed by atoms with Crippen LogP contribution in [0.15, 0.2) is 89.7 Å². The molecule has 1 atom stereocenters. The Bertz CT molecular complexity index is 2220. The van der Waals surface area contributed by atoms with E-state index < -0.39 is 12.2 Å². The average molecular weight is 782 g/mol. The molecule has 1 fully saturated rings. The highest BCUT2D eigenvalue weighted by atomic mass is 35.5. The Morgan fingerprint density at radius 1 is 1.00 bits per heavy atom. The third-order valence-electron chi connectivity index (χ3n) is 10.4. The number of carboxylic acid groups (broad SMARTS) is 1. The summed E-state index contributed by atoms with van der Waals surface area (Å²) >= 11 is 6.59. The summed E-state index contributed by atoms with van der Waals surface area (Å²) < 4.78 is 5.58. The van der Waals surface area contributed by atoms with Crippen molar-refractivity contribution >= 4 is 40.2 Å². The summed E-state index contributed by atoms with van der Waals surface area (Å²) in [5.41, 5.74) is 11.1. The molecule has 294 valence electrons. The number of phenolic OH excluding ortho intramolecular Hbond substituents is 1. The van der Waals surface area contributed by atoms with E-state index in [0.29, 0.717) is 47.3 Å². The average Bonchev–Trinajstić information content (AvgIpc) is 3.19. The van der Waals surface area contributed by atoms with E-state index in [9.17, 15) is 29.7 Å². The minimum atomic E-state index is -0.972. The van der Waals surface area contributed by atoms with Crippen LogP contribution in [0.1, 0.15) is 71.7 Å². The monoisotopic (exact) mass is 781 g/mol. The number of anilines is 1. The number of hydrogen-bond acceptors (Lipinski definition) is 8. The second kappa shape index (κ2) is 18.5. The number of aromatic nitrogens is 1. The van der Waals surface area contributed by atoms with Gasteiger partial charge in [0.15, 0.2) is 0 Å². The number of carbonyl (C=O) groups excluding carboxylic acids is 1. The summed E-state index contributed by atoms with van der Waals surface area (Å²) in [7, 11) is 1.50. The molecule has 6 rings (SSSR count). The number of aromatic hydroxyl groups is 1. The van der Waals surface area contributed by atoms with Crippen LogP contribution in [0.5, 0.6) is 11.5 Å². The molecule has 1 aliphatic rings. The number of nitrogens with two attached hydrogens (primary N) is 1. The molecule has 0 spiro atoms. The van der Waals surface area contributed by atoms with Gasteiger partial charge in [-0.3, -0.25) is 14.5 Å². The number of unbranched alkanes of at least 4 members (excludes halogenated alkanes) is 1. The SMILES string of the molecule is COc1cc(C(=O)NCCCCc2ccc(-c3ccccc3)c(N(C(=O)O)C3CCC(N)CC3)c2)c(Cl)cc1CNC[C@H](O)c1ccc(O)c2[nH]c(=O)ccc12. The topological polar surface area (TPSA) is 190 Å². The van der Waals surface area contributed by atoms with E-state index in [2.05, 4.69) is 15.6 Å². The first kappa shape index (κ1) is 40.3. The number of benzene rings is 4. The number of amides is 2. The van der Waals surface area contributed by atoms with Gasteiger partial charge in [0, 0.05) is 54.3 Å². The van der Waals surface area contributed by atoms with Crippen molar-refractivity contribution in [1.82, 2.24) is 15.6 Å². The van der Waals surface area contributed by atoms with E-state index in [1.807, 2.05) is 48.5 Å². The van der Waals surface area contributed by atoms with Gasteiger partial charge in [0.2, 0.25) is 5.56 Å². The van der Waals surface area contributed by atoms with Crippen molar-refractivity contribution in [3.63, 3.8) is 0 Å². The van der Waals surface area contributed by atoms with E-state index in [4.69, 9.17) is 22.1 Å². The van der Waals surface area contributed by atoms with Crippen LogP contribution >= 0.6 is 11.6 Å². The van der Waals surface area contributed by atoms with Gasteiger partial charge in [-0.15, -0.1) is 0 Å². The fourth-order valence-electron chi connectivity index (χ4n) is 7.46. The van der Waals surface area contributed by atoms with E-state index in [0.717, 1.165) is 48.8 Å². The minimum absolute atomic E-state index is 0.0870. The Balaban J connectivity index is 1.04. The second-order valence-electron chi connectivity index (χ2n) is 14.2. The van der Waals surface area contributed by atoms with Gasteiger partial charge in [-0.05, 0) is 92.0 Å². The summed E-state index contributed by atoms with van der Waals surface area (Å²) in [5.74, 6) is 0.0331. The van der Waals surface area contributed by atoms with E-state index >= 15 is 0 Å². The minimum Gasteiger partial charge on any atom is -0.506 e. The van der Waals surface area contributed by atoms with Crippen LogP contribution in [0.25, 0.3) is 22.0 Å². The molecule has 8 N–H and O–H groups in total. The molecule has 12 nitrogen and oxygen atoms in total. The molecule has 5 aromatic rings. The first-order valence-corrected chi connectivity index (χ1v) is 19.3. The van der Waals surface area contributed by atoms with Gasteiger partial charge in [-0.1, -0.05) is 60.1 Å². The number of ether oxygens (including phenoxy) is 1. The highest BCUT2D eigenvalue weighted by Gasteiger charge is 2.31. The Kier molecular flexibility index (Phi) is 13.3. The lowest BCUT2D eigenvalue weighted by Gasteiger charge is -2.35. The molecule has 1 heterocycles. The van der Waals surface area contributed by atoms with Crippen LogP contribution in [0.3, 0.4) is 0 Å². The first-order chi connectivity index (χ1) is 27.0. The van der Waals surface area contributed by atoms with Crippen LogP contribution in [0.4, 0.5) is 10.5 Å². The number of halogens is 1. The number of methoxy groups -OCH3 is 1. The smallest absolute Gasteiger partial charge is 0.412 e. The third kappa shape index (κ3) is 9.51. The lowest BCUT2D eigenvalue weighted by atomic mass is 9.89. The molecule has 0 radical (unpaired) electrons. The largest absolute Gasteiger partial charge is 0.506 e. The number of hydrogen-bond donors (Lipinski definition) is 7. The fourth-order valence-corrected chi connectivity index (χ4v) is 7.73. The van der Waals surface area contributed by atoms with Crippen molar-refractivity contribution in [3.05, 3.63) is 123 Å². The summed E-state index contributed by atoms with van der Waals surface area (Å²) in [6.45, 7) is 0.840. The molecular weight excluding hydrogens is 734 g/mol. The molecular formula is C43H48ClN5O7. The van der Waals surface area contributed by atoms with Gasteiger partial charge >= 0.3 is 6.09 Å². The number of aliphatic hydroxyl groups excluding tert-OH is 1. The maximum atomic E-state index is 13.2. The molecule has 1 saturated carbocycles. The highest BCUT2D eigenvalue weighted by Crippen LogP contribution is 2.37. The summed E-state index contributed by atoms with van der Waals surface area (Å²) in [4.78, 5) is 41.8. The number of rotatable bonds is 15.